The number of amides is 1. The van der Waals surface area contributed by atoms with Crippen molar-refractivity contribution >= 4 is 28.9 Å². The fourth-order valence-corrected chi connectivity index (χ4v) is 2.83. The van der Waals surface area contributed by atoms with Crippen molar-refractivity contribution in [1.82, 2.24) is 10.3 Å². The van der Waals surface area contributed by atoms with E-state index in [4.69, 9.17) is 21.3 Å². The van der Waals surface area contributed by atoms with Crippen LogP contribution in [0.5, 0.6) is 0 Å². The quantitative estimate of drug-likeness (QED) is 0.386. The van der Waals surface area contributed by atoms with Crippen LogP contribution in [-0.4, -0.2) is 36.5 Å². The molecule has 0 saturated heterocycles. The van der Waals surface area contributed by atoms with Crippen LogP contribution in [0.1, 0.15) is 34.9 Å². The fraction of sp³-hybridized carbons (Fsp3) is 0.300. The van der Waals surface area contributed by atoms with E-state index in [1.165, 1.54) is 21.1 Å². The smallest absolute Gasteiger partial charge is 0.398 e. The summed E-state index contributed by atoms with van der Waals surface area (Å²) in [6.45, 7) is 3.17. The van der Waals surface area contributed by atoms with Crippen LogP contribution in [0.3, 0.4) is 0 Å². The van der Waals surface area contributed by atoms with E-state index in [2.05, 4.69) is 20.6 Å². The van der Waals surface area contributed by atoms with Gasteiger partial charge >= 0.3 is 6.18 Å². The van der Waals surface area contributed by atoms with E-state index in [1.54, 1.807) is 25.1 Å². The number of likely N-dealkylation sites (N-methyl/N-ethyl adjacent to an activating group) is 1. The van der Waals surface area contributed by atoms with Gasteiger partial charge in [-0.25, -0.2) is 4.98 Å². The summed E-state index contributed by atoms with van der Waals surface area (Å²) in [5.74, 6) is -0.462. The van der Waals surface area contributed by atoms with E-state index in [9.17, 15) is 18.0 Å². The van der Waals surface area contributed by atoms with Gasteiger partial charge in [0.2, 0.25) is 0 Å². The van der Waals surface area contributed by atoms with E-state index < -0.39 is 17.6 Å². The number of hydrogen-bond acceptors (Lipinski definition) is 6. The highest BCUT2D eigenvalue weighted by Crippen LogP contribution is 2.31. The third kappa shape index (κ3) is 6.17. The Kier molecular flexibility index (Phi) is 7.98. The molecule has 1 aromatic heterocycles. The molecule has 31 heavy (non-hydrogen) atoms. The molecule has 0 radical (unpaired) electrons. The van der Waals surface area contributed by atoms with Crippen LogP contribution >= 0.6 is 11.6 Å². The number of nitrogens with one attached hydrogen (secondary N) is 1. The second-order valence-corrected chi connectivity index (χ2v) is 6.70. The Hall–Kier alpha value is -3.14. The van der Waals surface area contributed by atoms with Crippen LogP contribution in [0.2, 0.25) is 5.15 Å². The first-order valence-electron chi connectivity index (χ1n) is 8.92. The maximum Gasteiger partial charge on any atom is 0.416 e. The first-order valence-corrected chi connectivity index (χ1v) is 9.30. The van der Waals surface area contributed by atoms with Crippen molar-refractivity contribution in [3.63, 3.8) is 0 Å². The summed E-state index contributed by atoms with van der Waals surface area (Å²) in [5.41, 5.74) is 0.988. The molecule has 0 bridgehead atoms. The first-order chi connectivity index (χ1) is 14.6. The lowest BCUT2D eigenvalue weighted by atomic mass is 9.98. The van der Waals surface area contributed by atoms with Crippen molar-refractivity contribution in [2.75, 3.05) is 14.2 Å². The van der Waals surface area contributed by atoms with Crippen LogP contribution in [0, 0.1) is 6.92 Å². The molecule has 0 aliphatic carbocycles. The number of pyridine rings is 1. The number of carbonyl (C=O) groups excluding carboxylic acids is 1. The molecule has 1 heterocycles. The van der Waals surface area contributed by atoms with Crippen LogP contribution in [-0.2, 0) is 27.3 Å². The van der Waals surface area contributed by atoms with Gasteiger partial charge in [0, 0.05) is 18.2 Å². The standard InChI is InChI=1S/C20H20ClF3N4O3/c1-11-6-5-7-14(18(28-30-4)19(29)25-3)15(11)10-31-27-12(2)16-8-13(20(22,23)24)9-17(21)26-16/h5-9H,10H2,1-4H3,(H,25,29)/b27-12+,28-18+. The third-order valence-corrected chi connectivity index (χ3v) is 4.39. The van der Waals surface area contributed by atoms with Crippen LogP contribution in [0.4, 0.5) is 13.2 Å². The maximum absolute atomic E-state index is 13.0. The molecule has 0 saturated carbocycles. The molecule has 166 valence electrons. The van der Waals surface area contributed by atoms with Crippen LogP contribution < -0.4 is 5.32 Å². The second kappa shape index (κ2) is 10.3. The van der Waals surface area contributed by atoms with Gasteiger partial charge in [-0.1, -0.05) is 40.1 Å². The molecule has 1 aromatic carbocycles. The molecule has 0 aliphatic rings. The molecule has 0 spiro atoms. The van der Waals surface area contributed by atoms with Gasteiger partial charge in [-0.15, -0.1) is 0 Å². The van der Waals surface area contributed by atoms with Gasteiger partial charge in [0.15, 0.2) is 5.71 Å². The number of rotatable bonds is 7. The molecule has 0 aliphatic heterocycles. The summed E-state index contributed by atoms with van der Waals surface area (Å²) in [7, 11) is 2.77. The lowest BCUT2D eigenvalue weighted by Gasteiger charge is -2.13. The van der Waals surface area contributed by atoms with Gasteiger partial charge in [0.25, 0.3) is 5.91 Å². The molecular formula is C20H20ClF3N4O3. The lowest BCUT2D eigenvalue weighted by molar-refractivity contribution is -0.137. The number of aromatic nitrogens is 1. The Bertz CT molecular complexity index is 1020. The normalized spacial score (nSPS) is 12.5. The summed E-state index contributed by atoms with van der Waals surface area (Å²) in [6.07, 6.45) is -4.57. The van der Waals surface area contributed by atoms with E-state index >= 15 is 0 Å². The Morgan fingerprint density at radius 1 is 1.26 bits per heavy atom. The van der Waals surface area contributed by atoms with Crippen molar-refractivity contribution in [2.24, 2.45) is 10.3 Å². The van der Waals surface area contributed by atoms with Crippen molar-refractivity contribution in [2.45, 2.75) is 26.6 Å². The predicted molar refractivity (Wildman–Crippen MR) is 110 cm³/mol. The van der Waals surface area contributed by atoms with E-state index in [0.29, 0.717) is 11.1 Å². The van der Waals surface area contributed by atoms with Crippen molar-refractivity contribution in [3.05, 3.63) is 63.4 Å². The van der Waals surface area contributed by atoms with Crippen molar-refractivity contribution in [1.29, 1.82) is 0 Å². The summed E-state index contributed by atoms with van der Waals surface area (Å²) < 4.78 is 39.0. The van der Waals surface area contributed by atoms with Gasteiger partial charge in [-0.3, -0.25) is 4.79 Å². The summed E-state index contributed by atoms with van der Waals surface area (Å²) in [4.78, 5) is 26.2. The Balaban J connectivity index is 2.32. The van der Waals surface area contributed by atoms with Crippen LogP contribution in [0.15, 0.2) is 40.6 Å². The zero-order valence-corrected chi connectivity index (χ0v) is 17.9. The molecule has 0 atom stereocenters. The molecule has 2 rings (SSSR count). The summed E-state index contributed by atoms with van der Waals surface area (Å²) in [6, 6.07) is 6.78. The average molecular weight is 457 g/mol. The summed E-state index contributed by atoms with van der Waals surface area (Å²) >= 11 is 5.71. The second-order valence-electron chi connectivity index (χ2n) is 6.31. The van der Waals surface area contributed by atoms with E-state index in [0.717, 1.165) is 17.7 Å². The maximum atomic E-state index is 13.0. The molecule has 0 unspecified atom stereocenters. The topological polar surface area (TPSA) is 85.2 Å². The first kappa shape index (κ1) is 24.1. The molecular weight excluding hydrogens is 437 g/mol. The van der Waals surface area contributed by atoms with Gasteiger partial charge in [-0.2, -0.15) is 13.2 Å². The number of aryl methyl sites for hydroxylation is 1. The number of halogens is 4. The SMILES string of the molecule is CNC(=O)/C(=N/OC)c1cccc(C)c1CO/N=C(\C)c1cc(C(F)(F)F)cc(Cl)n1. The lowest BCUT2D eigenvalue weighted by Crippen LogP contribution is -2.29. The minimum Gasteiger partial charge on any atom is -0.398 e. The monoisotopic (exact) mass is 456 g/mol. The Morgan fingerprint density at radius 3 is 2.58 bits per heavy atom. The molecule has 1 N–H and O–H groups in total. The highest BCUT2D eigenvalue weighted by Gasteiger charge is 2.31. The molecule has 1 amide bonds. The molecule has 7 nitrogen and oxygen atoms in total. The van der Waals surface area contributed by atoms with Crippen molar-refractivity contribution < 1.29 is 27.6 Å². The Labute approximate surface area is 181 Å². The average Bonchev–Trinajstić information content (AvgIpc) is 2.71. The van der Waals surface area contributed by atoms with E-state index in [1.807, 2.05) is 0 Å². The number of carbonyl (C=O) groups is 1. The highest BCUT2D eigenvalue weighted by molar-refractivity contribution is 6.45. The minimum absolute atomic E-state index is 0.0410. The predicted octanol–water partition coefficient (Wildman–Crippen LogP) is 4.10. The van der Waals surface area contributed by atoms with Gasteiger partial charge in [-0.05, 0) is 31.5 Å². The molecule has 11 heteroatoms. The highest BCUT2D eigenvalue weighted by atomic mass is 35.5. The summed E-state index contributed by atoms with van der Waals surface area (Å²) in [5, 5.41) is 9.81. The molecule has 2 aromatic rings. The van der Waals surface area contributed by atoms with Crippen LogP contribution in [0.25, 0.3) is 0 Å². The number of nitrogens with zero attached hydrogens (tertiary/aromatic N) is 3. The number of benzene rings is 1. The van der Waals surface area contributed by atoms with E-state index in [-0.39, 0.29) is 28.9 Å². The van der Waals surface area contributed by atoms with Gasteiger partial charge in [0.1, 0.15) is 24.6 Å². The number of hydrogen-bond donors (Lipinski definition) is 1. The number of alkyl halides is 3. The van der Waals surface area contributed by atoms with Crippen molar-refractivity contribution in [3.8, 4) is 0 Å². The number of oxime groups is 2. The zero-order chi connectivity index (χ0) is 23.2. The van der Waals surface area contributed by atoms with Gasteiger partial charge in [0.05, 0.1) is 11.3 Å². The zero-order valence-electron chi connectivity index (χ0n) is 17.2. The molecule has 0 fully saturated rings. The minimum atomic E-state index is -4.57. The third-order valence-electron chi connectivity index (χ3n) is 4.19. The van der Waals surface area contributed by atoms with Gasteiger partial charge < -0.3 is 15.0 Å². The fourth-order valence-electron chi connectivity index (χ4n) is 2.62. The largest absolute Gasteiger partial charge is 0.416 e. The Morgan fingerprint density at radius 2 is 1.97 bits per heavy atom.